The van der Waals surface area contributed by atoms with Crippen LogP contribution in [0.3, 0.4) is 0 Å². The molecule has 1 fully saturated rings. The van der Waals surface area contributed by atoms with Gasteiger partial charge in [0.05, 0.1) is 20.6 Å². The summed E-state index contributed by atoms with van der Waals surface area (Å²) in [6, 6.07) is 0.330. The van der Waals surface area contributed by atoms with E-state index in [0.717, 1.165) is 17.4 Å². The van der Waals surface area contributed by atoms with Crippen LogP contribution in [-0.4, -0.2) is 41.4 Å². The van der Waals surface area contributed by atoms with Crippen molar-refractivity contribution in [1.29, 1.82) is 0 Å². The van der Waals surface area contributed by atoms with Crippen LogP contribution < -0.4 is 0 Å². The third-order valence-electron chi connectivity index (χ3n) is 3.25. The molecule has 1 heterocycles. The molecule has 0 aromatic heterocycles. The van der Waals surface area contributed by atoms with E-state index < -0.39 is 0 Å². The third-order valence-corrected chi connectivity index (χ3v) is 3.25. The maximum absolute atomic E-state index is 9.39. The Hall–Kier alpha value is -0.960. The van der Waals surface area contributed by atoms with E-state index in [1.807, 2.05) is 0 Å². The number of hydrogen-bond acceptors (Lipinski definition) is 2. The summed E-state index contributed by atoms with van der Waals surface area (Å²) in [5, 5.41) is 18.7. The molecule has 2 atom stereocenters. The number of rotatable bonds is 0. The lowest BCUT2D eigenvalue weighted by molar-refractivity contribution is -0.897. The van der Waals surface area contributed by atoms with Gasteiger partial charge in [0.15, 0.2) is 11.5 Å². The van der Waals surface area contributed by atoms with E-state index in [-0.39, 0.29) is 11.5 Å². The quantitative estimate of drug-likeness (QED) is 0.555. The Kier molecular flexibility index (Phi) is 1.67. The first-order valence-corrected chi connectivity index (χ1v) is 4.65. The van der Waals surface area contributed by atoms with E-state index in [9.17, 15) is 10.2 Å². The first-order chi connectivity index (χ1) is 6.00. The minimum absolute atomic E-state index is 0.0364. The van der Waals surface area contributed by atoms with Crippen LogP contribution in [0.2, 0.25) is 0 Å². The number of aliphatic hydroxyl groups is 2. The Balaban J connectivity index is 2.33. The molecule has 3 heteroatoms. The van der Waals surface area contributed by atoms with E-state index in [1.165, 1.54) is 0 Å². The Morgan fingerprint density at radius 3 is 2.54 bits per heavy atom. The van der Waals surface area contributed by atoms with Gasteiger partial charge < -0.3 is 14.7 Å². The number of likely N-dealkylation sites (N-methyl/N-ethyl adjacent to an activating group) is 1. The topological polar surface area (TPSA) is 40.5 Å². The molecule has 2 aliphatic rings. The number of likely N-dealkylation sites (tertiary alicyclic amines) is 1. The predicted molar refractivity (Wildman–Crippen MR) is 50.3 cm³/mol. The standard InChI is InChI=1S/C10H15NO2/c1-11(2)4-3-7-5-9(12)10(13)6-8(7)11/h5-8H,3-4H2,1-2H3,(H-,12,13)/p+1. The Morgan fingerprint density at radius 2 is 1.85 bits per heavy atom. The van der Waals surface area contributed by atoms with Gasteiger partial charge in [-0.2, -0.15) is 0 Å². The average molecular weight is 182 g/mol. The molecule has 0 aromatic carbocycles. The highest BCUT2D eigenvalue weighted by atomic mass is 16.3. The van der Waals surface area contributed by atoms with E-state index in [4.69, 9.17) is 0 Å². The Bertz CT molecular complexity index is 291. The van der Waals surface area contributed by atoms with E-state index >= 15 is 0 Å². The molecule has 0 radical (unpaired) electrons. The van der Waals surface area contributed by atoms with Crippen molar-refractivity contribution in [1.82, 2.24) is 0 Å². The molecule has 0 spiro atoms. The Morgan fingerprint density at radius 1 is 1.23 bits per heavy atom. The molecule has 2 N–H and O–H groups in total. The lowest BCUT2D eigenvalue weighted by Gasteiger charge is -2.32. The first-order valence-electron chi connectivity index (χ1n) is 4.65. The monoisotopic (exact) mass is 182 g/mol. The van der Waals surface area contributed by atoms with Gasteiger partial charge in [0.25, 0.3) is 0 Å². The molecule has 0 amide bonds. The van der Waals surface area contributed by atoms with Crippen LogP contribution in [0.15, 0.2) is 23.7 Å². The summed E-state index contributed by atoms with van der Waals surface area (Å²) in [5.41, 5.74) is 0. The van der Waals surface area contributed by atoms with Gasteiger partial charge in [-0.25, -0.2) is 0 Å². The zero-order valence-corrected chi connectivity index (χ0v) is 8.07. The van der Waals surface area contributed by atoms with E-state index in [2.05, 4.69) is 14.1 Å². The molecular weight excluding hydrogens is 166 g/mol. The normalized spacial score (nSPS) is 36.5. The maximum Gasteiger partial charge on any atom is 0.158 e. The number of hydrogen-bond donors (Lipinski definition) is 2. The van der Waals surface area contributed by atoms with Crippen molar-refractivity contribution in [2.45, 2.75) is 12.5 Å². The molecule has 1 aliphatic carbocycles. The lowest BCUT2D eigenvalue weighted by Crippen LogP contribution is -2.45. The number of fused-ring (bicyclic) bond motifs is 1. The van der Waals surface area contributed by atoms with Crippen LogP contribution in [0.25, 0.3) is 0 Å². The predicted octanol–water partition coefficient (Wildman–Crippen LogP) is 1.35. The van der Waals surface area contributed by atoms with Crippen LogP contribution in [0, 0.1) is 5.92 Å². The molecular formula is C10H16NO2+. The first kappa shape index (κ1) is 8.63. The molecule has 2 rings (SSSR count). The highest BCUT2D eigenvalue weighted by Gasteiger charge is 2.42. The molecule has 0 saturated carbocycles. The van der Waals surface area contributed by atoms with Gasteiger partial charge in [0.2, 0.25) is 0 Å². The average Bonchev–Trinajstić information content (AvgIpc) is 2.31. The van der Waals surface area contributed by atoms with Gasteiger partial charge in [-0.15, -0.1) is 0 Å². The van der Waals surface area contributed by atoms with Crippen molar-refractivity contribution in [2.75, 3.05) is 20.6 Å². The van der Waals surface area contributed by atoms with Crippen LogP contribution in [-0.2, 0) is 0 Å². The van der Waals surface area contributed by atoms with Crippen molar-refractivity contribution in [3.8, 4) is 0 Å². The van der Waals surface area contributed by atoms with Gasteiger partial charge in [0, 0.05) is 18.4 Å². The van der Waals surface area contributed by atoms with Crippen LogP contribution >= 0.6 is 0 Å². The summed E-state index contributed by atoms with van der Waals surface area (Å²) >= 11 is 0. The van der Waals surface area contributed by atoms with Crippen LogP contribution in [0.5, 0.6) is 0 Å². The van der Waals surface area contributed by atoms with Crippen molar-refractivity contribution in [3.63, 3.8) is 0 Å². The largest absolute Gasteiger partial charge is 0.504 e. The SMILES string of the molecule is C[N+]1(C)CCC2C=C(O)C(O)=CC21. The zero-order valence-electron chi connectivity index (χ0n) is 8.07. The summed E-state index contributed by atoms with van der Waals surface area (Å²) in [5.74, 6) is 0.475. The molecule has 0 bridgehead atoms. The van der Waals surface area contributed by atoms with Crippen molar-refractivity contribution in [2.24, 2.45) is 5.92 Å². The summed E-state index contributed by atoms with van der Waals surface area (Å²) < 4.78 is 0.901. The fraction of sp³-hybridized carbons (Fsp3) is 0.600. The fourth-order valence-corrected chi connectivity index (χ4v) is 2.36. The highest BCUT2D eigenvalue weighted by molar-refractivity contribution is 5.26. The lowest BCUT2D eigenvalue weighted by atomic mass is 9.94. The number of nitrogens with zero attached hydrogens (tertiary/aromatic N) is 1. The van der Waals surface area contributed by atoms with E-state index in [0.29, 0.717) is 12.0 Å². The van der Waals surface area contributed by atoms with Crippen LogP contribution in [0.4, 0.5) is 0 Å². The van der Waals surface area contributed by atoms with Gasteiger partial charge in [-0.3, -0.25) is 0 Å². The second kappa shape index (κ2) is 2.51. The van der Waals surface area contributed by atoms with E-state index in [1.54, 1.807) is 12.2 Å². The molecule has 1 aliphatic heterocycles. The summed E-state index contributed by atoms with van der Waals surface area (Å²) in [4.78, 5) is 0. The maximum atomic E-state index is 9.39. The molecule has 1 saturated heterocycles. The molecule has 72 valence electrons. The van der Waals surface area contributed by atoms with Gasteiger partial charge in [-0.1, -0.05) is 0 Å². The van der Waals surface area contributed by atoms with Crippen molar-refractivity contribution in [3.05, 3.63) is 23.7 Å². The van der Waals surface area contributed by atoms with Gasteiger partial charge in [0.1, 0.15) is 6.04 Å². The highest BCUT2D eigenvalue weighted by Crippen LogP contribution is 2.35. The van der Waals surface area contributed by atoms with Gasteiger partial charge in [-0.05, 0) is 6.08 Å². The molecule has 3 nitrogen and oxygen atoms in total. The second-order valence-corrected chi connectivity index (χ2v) is 4.55. The minimum Gasteiger partial charge on any atom is -0.504 e. The third kappa shape index (κ3) is 1.23. The zero-order chi connectivity index (χ0) is 9.64. The molecule has 2 unspecified atom stereocenters. The summed E-state index contributed by atoms with van der Waals surface area (Å²) in [6.45, 7) is 1.10. The molecule has 0 aromatic rings. The smallest absolute Gasteiger partial charge is 0.158 e. The number of quaternary nitrogens is 1. The number of aliphatic hydroxyl groups excluding tert-OH is 2. The van der Waals surface area contributed by atoms with Crippen molar-refractivity contribution >= 4 is 0 Å². The second-order valence-electron chi connectivity index (χ2n) is 4.55. The van der Waals surface area contributed by atoms with Gasteiger partial charge >= 0.3 is 0 Å². The Labute approximate surface area is 78.2 Å². The summed E-state index contributed by atoms with van der Waals surface area (Å²) in [7, 11) is 4.31. The molecule has 13 heavy (non-hydrogen) atoms. The van der Waals surface area contributed by atoms with Crippen LogP contribution in [0.1, 0.15) is 6.42 Å². The summed E-state index contributed by atoms with van der Waals surface area (Å²) in [6.07, 6.45) is 4.66. The fourth-order valence-electron chi connectivity index (χ4n) is 2.36. The van der Waals surface area contributed by atoms with Crippen molar-refractivity contribution < 1.29 is 14.7 Å². The minimum atomic E-state index is 0.0364.